The van der Waals surface area contributed by atoms with Crippen molar-refractivity contribution in [2.75, 3.05) is 51.5 Å². The summed E-state index contributed by atoms with van der Waals surface area (Å²) in [4.78, 5) is 69.0. The van der Waals surface area contributed by atoms with Crippen LogP contribution in [0.5, 0.6) is 5.75 Å². The molecule has 0 fully saturated rings. The number of nitrogens with zero attached hydrogens (tertiary/aromatic N) is 3. The molecule has 3 aliphatic carbocycles. The van der Waals surface area contributed by atoms with Crippen LogP contribution < -0.4 is 16.0 Å². The Morgan fingerprint density at radius 2 is 1.80 bits per heavy atom. The van der Waals surface area contributed by atoms with Gasteiger partial charge in [-0.3, -0.25) is 29.0 Å². The molecule has 0 spiro atoms. The monoisotopic (exact) mass is 628 g/mol. The van der Waals surface area contributed by atoms with Crippen LogP contribution in [0, 0.1) is 18.9 Å². The van der Waals surface area contributed by atoms with Gasteiger partial charge >= 0.3 is 6.09 Å². The van der Waals surface area contributed by atoms with Crippen LogP contribution >= 0.6 is 0 Å². The predicted molar refractivity (Wildman–Crippen MR) is 160 cm³/mol. The largest absolute Gasteiger partial charge is 0.510 e. The first-order valence-corrected chi connectivity index (χ1v) is 14.2. The normalized spacial score (nSPS) is 24.1. The van der Waals surface area contributed by atoms with E-state index in [1.165, 1.54) is 11.0 Å². The number of allylic oxidation sites excluding steroid dienone is 1. The summed E-state index contributed by atoms with van der Waals surface area (Å²) in [5.74, 6) is -8.45. The number of nitrogens with one attached hydrogen (secondary N) is 1. The number of nitrogens with two attached hydrogens (primary N) is 1. The van der Waals surface area contributed by atoms with E-state index < -0.39 is 82.3 Å². The maximum absolute atomic E-state index is 14.1. The zero-order valence-corrected chi connectivity index (χ0v) is 25.7. The van der Waals surface area contributed by atoms with Crippen molar-refractivity contribution < 1.29 is 49.1 Å². The number of aromatic hydroxyl groups is 1. The molecule has 0 saturated heterocycles. The number of aliphatic hydroxyl groups is 3. The van der Waals surface area contributed by atoms with E-state index >= 15 is 0 Å². The number of fused-ring (bicyclic) bond motifs is 3. The summed E-state index contributed by atoms with van der Waals surface area (Å²) in [5.41, 5.74) is 1.80. The number of benzene rings is 1. The molecule has 15 nitrogen and oxygen atoms in total. The van der Waals surface area contributed by atoms with Crippen LogP contribution in [0.1, 0.15) is 35.7 Å². The molecule has 0 aliphatic heterocycles. The molecule has 1 aromatic rings. The number of likely N-dealkylation sites (N-methyl/N-ethyl adjacent to an activating group) is 1. The van der Waals surface area contributed by atoms with Crippen molar-refractivity contribution in [1.82, 2.24) is 9.80 Å². The molecule has 1 radical (unpaired) electrons. The first kappa shape index (κ1) is 33.3. The molecule has 0 heterocycles. The van der Waals surface area contributed by atoms with Gasteiger partial charge in [-0.15, -0.1) is 0 Å². The van der Waals surface area contributed by atoms with E-state index in [2.05, 4.69) is 17.2 Å². The number of hydrogen-bond donors (Lipinski definition) is 6. The highest BCUT2D eigenvalue weighted by Gasteiger charge is 2.63. The second-order valence-corrected chi connectivity index (χ2v) is 11.9. The van der Waals surface area contributed by atoms with Gasteiger partial charge in [0.1, 0.15) is 30.7 Å². The van der Waals surface area contributed by atoms with Crippen molar-refractivity contribution in [3.63, 3.8) is 0 Å². The summed E-state index contributed by atoms with van der Waals surface area (Å²) in [6.07, 6.45) is -0.298. The fourth-order valence-electron chi connectivity index (χ4n) is 6.75. The Morgan fingerprint density at radius 1 is 1.16 bits per heavy atom. The van der Waals surface area contributed by atoms with Gasteiger partial charge in [-0.2, -0.15) is 0 Å². The molecule has 4 rings (SSSR count). The van der Waals surface area contributed by atoms with Crippen molar-refractivity contribution >= 4 is 40.8 Å². The highest BCUT2D eigenvalue weighted by Crippen LogP contribution is 2.53. The summed E-state index contributed by atoms with van der Waals surface area (Å²) < 4.78 is 4.48. The van der Waals surface area contributed by atoms with Crippen LogP contribution in [0.4, 0.5) is 16.2 Å². The van der Waals surface area contributed by atoms with Crippen LogP contribution in [0.15, 0.2) is 28.7 Å². The third-order valence-electron chi connectivity index (χ3n) is 8.66. The molecule has 3 amide bonds. The average molecular weight is 629 g/mol. The van der Waals surface area contributed by atoms with Gasteiger partial charge in [0.25, 0.3) is 5.91 Å². The third kappa shape index (κ3) is 5.25. The van der Waals surface area contributed by atoms with E-state index in [1.807, 2.05) is 0 Å². The van der Waals surface area contributed by atoms with Gasteiger partial charge in [-0.05, 0) is 50.9 Å². The number of hydrogen-bond acceptors (Lipinski definition) is 12. The lowest BCUT2D eigenvalue weighted by atomic mass is 9.58. The second-order valence-electron chi connectivity index (χ2n) is 11.9. The lowest BCUT2D eigenvalue weighted by molar-refractivity contribution is -0.148. The number of anilines is 2. The van der Waals surface area contributed by atoms with Gasteiger partial charge in [0.15, 0.2) is 17.1 Å². The number of aliphatic hydroxyl groups excluding tert-OH is 2. The Labute approximate surface area is 259 Å². The Balaban J connectivity index is 1.84. The Kier molecular flexibility index (Phi) is 8.90. The van der Waals surface area contributed by atoms with Crippen LogP contribution in [0.3, 0.4) is 0 Å². The smallest absolute Gasteiger partial charge is 0.410 e. The van der Waals surface area contributed by atoms with Crippen molar-refractivity contribution in [1.29, 1.82) is 0 Å². The summed E-state index contributed by atoms with van der Waals surface area (Å²) in [6.45, 7) is 1.54. The highest BCUT2D eigenvalue weighted by atomic mass is 16.5. The van der Waals surface area contributed by atoms with E-state index in [1.54, 1.807) is 40.0 Å². The average Bonchev–Trinajstić information content (AvgIpc) is 2.95. The van der Waals surface area contributed by atoms with Gasteiger partial charge in [0.05, 0.1) is 17.3 Å². The van der Waals surface area contributed by atoms with Crippen LogP contribution in [0.2, 0.25) is 0 Å². The predicted octanol–water partition coefficient (Wildman–Crippen LogP) is 0.765. The zero-order chi connectivity index (χ0) is 33.7. The van der Waals surface area contributed by atoms with E-state index in [4.69, 9.17) is 5.73 Å². The number of phenolic OH excluding ortho intramolecular Hbond substituents is 1. The Bertz CT molecular complexity index is 1550. The van der Waals surface area contributed by atoms with Gasteiger partial charge in [-0.1, -0.05) is 6.92 Å². The summed E-state index contributed by atoms with van der Waals surface area (Å²) in [6, 6.07) is 0.361. The second kappa shape index (κ2) is 12.0. The lowest BCUT2D eigenvalue weighted by Gasteiger charge is -2.50. The fourth-order valence-corrected chi connectivity index (χ4v) is 6.75. The zero-order valence-electron chi connectivity index (χ0n) is 25.7. The molecular formula is C30H38N5O10. The topological polar surface area (TPSA) is 223 Å². The molecule has 0 saturated carbocycles. The van der Waals surface area contributed by atoms with E-state index in [9.17, 15) is 44.4 Å². The molecule has 45 heavy (non-hydrogen) atoms. The maximum atomic E-state index is 14.1. The minimum absolute atomic E-state index is 0.0620. The first-order chi connectivity index (χ1) is 21.0. The first-order valence-electron chi connectivity index (χ1n) is 14.2. The molecular weight excluding hydrogens is 590 g/mol. The highest BCUT2D eigenvalue weighted by molar-refractivity contribution is 6.25. The molecule has 243 valence electrons. The van der Waals surface area contributed by atoms with E-state index in [0.29, 0.717) is 17.7 Å². The summed E-state index contributed by atoms with van der Waals surface area (Å²) in [5, 5.41) is 48.1. The third-order valence-corrected chi connectivity index (χ3v) is 8.66. The standard InChI is InChI=1S/C30H38N5O10/c1-7-8-35(29(43)45-6)12-18(36)32-16-11-17(33(2)3)14-9-13-10-15-22(34(4)5)25(39)21(28(31)42)27(41)30(15,44)26(40)19(13)24(38)20(14)23(16)37/h11,13,15,22,37,39-40,44H,6-10,12H2,1-5H3,(H2,31,42)(H,32,36)/t13-,15-,22-,30-/m0/s1. The van der Waals surface area contributed by atoms with Crippen LogP contribution in [-0.4, -0.2) is 113 Å². The molecule has 3 aliphatic rings. The SMILES string of the molecule is [CH2]OC(=O)N(CCC)CC(=O)Nc1cc(N(C)C)c2c(c1O)C(=O)C1=C(O)[C@]3(O)C(=O)C(C(N)=O)=C(O)[C@@H](N(C)C)[C@@H]3C[C@@H]1C2. The van der Waals surface area contributed by atoms with Gasteiger partial charge in [0.2, 0.25) is 11.7 Å². The minimum Gasteiger partial charge on any atom is -0.510 e. The number of carbonyl (C=O) groups is 5. The van der Waals surface area contributed by atoms with Crippen LogP contribution in [-0.2, 0) is 25.5 Å². The van der Waals surface area contributed by atoms with Gasteiger partial charge in [0, 0.05) is 37.8 Å². The van der Waals surface area contributed by atoms with Crippen molar-refractivity contribution in [3.05, 3.63) is 47.0 Å². The molecule has 7 N–H and O–H groups in total. The van der Waals surface area contributed by atoms with Gasteiger partial charge in [-0.25, -0.2) is 4.79 Å². The number of ether oxygens (including phenoxy) is 1. The van der Waals surface area contributed by atoms with Crippen molar-refractivity contribution in [2.45, 2.75) is 37.8 Å². The lowest BCUT2D eigenvalue weighted by Crippen LogP contribution is -2.63. The maximum Gasteiger partial charge on any atom is 0.410 e. The molecule has 1 aromatic carbocycles. The summed E-state index contributed by atoms with van der Waals surface area (Å²) >= 11 is 0. The van der Waals surface area contributed by atoms with E-state index in [-0.39, 0.29) is 36.2 Å². The molecule has 0 aromatic heterocycles. The van der Waals surface area contributed by atoms with Crippen LogP contribution in [0.25, 0.3) is 0 Å². The summed E-state index contributed by atoms with van der Waals surface area (Å²) in [7, 11) is 9.55. The minimum atomic E-state index is -2.78. The molecule has 15 heteroatoms. The van der Waals surface area contributed by atoms with Crippen molar-refractivity contribution in [2.24, 2.45) is 17.6 Å². The Hall–Kier alpha value is -4.63. The number of phenols is 1. The molecule has 4 atom stereocenters. The quantitative estimate of drug-likeness (QED) is 0.173. The fraction of sp³-hybridized carbons (Fsp3) is 0.467. The number of carbonyl (C=O) groups excluding carboxylic acids is 5. The Morgan fingerprint density at radius 3 is 2.33 bits per heavy atom. The molecule has 0 bridgehead atoms. The number of Topliss-reactive ketones (excluding diaryl/α,β-unsaturated/α-hetero) is 2. The number of ketones is 2. The van der Waals surface area contributed by atoms with Gasteiger partial charge < -0.3 is 41.1 Å². The number of amides is 3. The van der Waals surface area contributed by atoms with Crippen molar-refractivity contribution in [3.8, 4) is 5.75 Å². The molecule has 0 unspecified atom stereocenters. The number of primary amides is 1. The number of rotatable bonds is 8. The van der Waals surface area contributed by atoms with E-state index in [0.717, 1.165) is 4.90 Å².